The molecule has 0 radical (unpaired) electrons. The minimum atomic E-state index is -3.81. The van der Waals surface area contributed by atoms with Gasteiger partial charge in [-0.2, -0.15) is 5.10 Å². The number of hydrogen-bond donors (Lipinski definition) is 2. The molecule has 0 saturated carbocycles. The first-order valence-electron chi connectivity index (χ1n) is 9.49. The van der Waals surface area contributed by atoms with E-state index in [1.807, 2.05) is 24.3 Å². The molecule has 2 aromatic carbocycles. The second-order valence-corrected chi connectivity index (χ2v) is 9.29. The summed E-state index contributed by atoms with van der Waals surface area (Å²) in [4.78, 5) is 11.2. The fourth-order valence-electron chi connectivity index (χ4n) is 3.79. The number of benzene rings is 2. The molecule has 0 saturated heterocycles. The third-order valence-electron chi connectivity index (χ3n) is 5.17. The zero-order valence-electron chi connectivity index (χ0n) is 16.0. The van der Waals surface area contributed by atoms with Crippen molar-refractivity contribution < 1.29 is 18.3 Å². The van der Waals surface area contributed by atoms with Crippen LogP contribution in [0.1, 0.15) is 30.1 Å². The zero-order valence-corrected chi connectivity index (χ0v) is 17.5. The number of rotatable bonds is 6. The van der Waals surface area contributed by atoms with Gasteiger partial charge in [-0.3, -0.25) is 9.48 Å². The normalized spacial score (nSPS) is 16.2. The topological polar surface area (TPSA) is 101 Å². The highest BCUT2D eigenvalue weighted by Crippen LogP contribution is 2.32. The van der Waals surface area contributed by atoms with Crippen molar-refractivity contribution in [1.29, 1.82) is 0 Å². The van der Waals surface area contributed by atoms with Gasteiger partial charge in [0, 0.05) is 21.8 Å². The molecule has 1 aromatic heterocycles. The Bertz CT molecular complexity index is 1210. The minimum absolute atomic E-state index is 0.143. The number of sulfonamides is 1. The zero-order chi connectivity index (χ0) is 21.3. The smallest absolute Gasteiger partial charge is 0.325 e. The number of hydrogen-bond acceptors (Lipinski definition) is 4. The summed E-state index contributed by atoms with van der Waals surface area (Å²) in [6.07, 6.45) is 3.59. The largest absolute Gasteiger partial charge is 0.480 e. The van der Waals surface area contributed by atoms with E-state index in [-0.39, 0.29) is 11.4 Å². The average molecular weight is 446 g/mol. The van der Waals surface area contributed by atoms with Crippen LogP contribution in [-0.4, -0.2) is 29.3 Å². The van der Waals surface area contributed by atoms with Gasteiger partial charge in [0.05, 0.1) is 17.1 Å². The van der Waals surface area contributed by atoms with E-state index in [1.165, 1.54) is 4.68 Å². The van der Waals surface area contributed by atoms with Crippen molar-refractivity contribution in [3.8, 4) is 11.1 Å². The first kappa shape index (κ1) is 20.6. The summed E-state index contributed by atoms with van der Waals surface area (Å²) >= 11 is 6.26. The second kappa shape index (κ2) is 8.22. The maximum absolute atomic E-state index is 13.1. The molecule has 4 rings (SSSR count). The Morgan fingerprint density at radius 1 is 1.23 bits per heavy atom. The van der Waals surface area contributed by atoms with Gasteiger partial charge in [0.25, 0.3) is 0 Å². The van der Waals surface area contributed by atoms with Crippen LogP contribution >= 0.6 is 11.6 Å². The lowest BCUT2D eigenvalue weighted by atomic mass is 9.94. The molecule has 30 heavy (non-hydrogen) atoms. The van der Waals surface area contributed by atoms with Gasteiger partial charge in [-0.15, -0.1) is 0 Å². The molecule has 0 spiro atoms. The molecule has 156 valence electrons. The number of carboxylic acids is 1. The molecular formula is C21H20ClN3O4S. The van der Waals surface area contributed by atoms with Gasteiger partial charge in [-0.1, -0.05) is 41.9 Å². The van der Waals surface area contributed by atoms with E-state index < -0.39 is 22.0 Å². The Balaban J connectivity index is 1.62. The van der Waals surface area contributed by atoms with Crippen LogP contribution in [0.2, 0.25) is 5.02 Å². The predicted molar refractivity (Wildman–Crippen MR) is 113 cm³/mol. The number of halogens is 1. The summed E-state index contributed by atoms with van der Waals surface area (Å²) in [5.74, 6) is -0.986. The number of nitrogens with zero attached hydrogens (tertiary/aromatic N) is 2. The van der Waals surface area contributed by atoms with Crippen molar-refractivity contribution in [1.82, 2.24) is 14.5 Å². The number of aromatic nitrogens is 2. The van der Waals surface area contributed by atoms with Crippen LogP contribution in [0.3, 0.4) is 0 Å². The molecule has 1 heterocycles. The summed E-state index contributed by atoms with van der Waals surface area (Å²) in [7, 11) is -3.81. The molecule has 0 bridgehead atoms. The maximum atomic E-state index is 13.1. The summed E-state index contributed by atoms with van der Waals surface area (Å²) in [6.45, 7) is -0.241. The Hall–Kier alpha value is -2.68. The van der Waals surface area contributed by atoms with Crippen LogP contribution in [-0.2, 0) is 27.8 Å². The molecule has 7 nitrogen and oxygen atoms in total. The summed E-state index contributed by atoms with van der Waals surface area (Å²) < 4.78 is 30.4. The van der Waals surface area contributed by atoms with Crippen molar-refractivity contribution in [2.24, 2.45) is 0 Å². The maximum Gasteiger partial charge on any atom is 0.325 e. The van der Waals surface area contributed by atoms with Gasteiger partial charge < -0.3 is 5.11 Å². The number of carbonyl (C=O) groups is 1. The predicted octanol–water partition coefficient (Wildman–Crippen LogP) is 3.64. The number of nitrogens with one attached hydrogen (secondary N) is 1. The summed E-state index contributed by atoms with van der Waals surface area (Å²) in [6, 6.07) is 13.4. The SMILES string of the molecule is O=C(O)Cn1ncc2c1CCCC2NS(=O)(=O)c1cccc(-c2ccccc2Cl)c1. The molecule has 3 aromatic rings. The lowest BCUT2D eigenvalue weighted by Crippen LogP contribution is -2.31. The van der Waals surface area contributed by atoms with Crippen LogP contribution in [0, 0.1) is 0 Å². The van der Waals surface area contributed by atoms with E-state index in [9.17, 15) is 13.2 Å². The minimum Gasteiger partial charge on any atom is -0.480 e. The number of carboxylic acid groups (broad SMARTS) is 1. The van der Waals surface area contributed by atoms with Gasteiger partial charge in [-0.25, -0.2) is 13.1 Å². The van der Waals surface area contributed by atoms with E-state index in [1.54, 1.807) is 30.5 Å². The molecule has 2 N–H and O–H groups in total. The van der Waals surface area contributed by atoms with Crippen molar-refractivity contribution in [2.45, 2.75) is 36.7 Å². The third-order valence-corrected chi connectivity index (χ3v) is 6.97. The second-order valence-electron chi connectivity index (χ2n) is 7.17. The van der Waals surface area contributed by atoms with Gasteiger partial charge >= 0.3 is 5.97 Å². The lowest BCUT2D eigenvalue weighted by molar-refractivity contribution is -0.137. The molecule has 0 amide bonds. The van der Waals surface area contributed by atoms with Crippen molar-refractivity contribution in [3.63, 3.8) is 0 Å². The van der Waals surface area contributed by atoms with Crippen molar-refractivity contribution in [3.05, 3.63) is 71.0 Å². The Kier molecular flexibility index (Phi) is 5.64. The van der Waals surface area contributed by atoms with E-state index in [4.69, 9.17) is 16.7 Å². The van der Waals surface area contributed by atoms with Gasteiger partial charge in [0.2, 0.25) is 10.0 Å². The van der Waals surface area contributed by atoms with Crippen molar-refractivity contribution in [2.75, 3.05) is 0 Å². The van der Waals surface area contributed by atoms with E-state index >= 15 is 0 Å². The van der Waals surface area contributed by atoms with Gasteiger partial charge in [-0.05, 0) is 43.0 Å². The highest BCUT2D eigenvalue weighted by Gasteiger charge is 2.29. The van der Waals surface area contributed by atoms with Crippen LogP contribution in [0.15, 0.2) is 59.6 Å². The molecule has 1 aliphatic carbocycles. The van der Waals surface area contributed by atoms with Crippen LogP contribution < -0.4 is 4.72 Å². The summed E-state index contributed by atoms with van der Waals surface area (Å²) in [5.41, 5.74) is 2.96. The van der Waals surface area contributed by atoms with Crippen molar-refractivity contribution >= 4 is 27.6 Å². The third kappa shape index (κ3) is 4.12. The molecule has 0 aliphatic heterocycles. The van der Waals surface area contributed by atoms with Gasteiger partial charge in [0.1, 0.15) is 6.54 Å². The van der Waals surface area contributed by atoms with E-state index in [2.05, 4.69) is 9.82 Å². The highest BCUT2D eigenvalue weighted by molar-refractivity contribution is 7.89. The Labute approximate surface area is 179 Å². The fourth-order valence-corrected chi connectivity index (χ4v) is 5.33. The van der Waals surface area contributed by atoms with Crippen LogP contribution in [0.25, 0.3) is 11.1 Å². The first-order chi connectivity index (χ1) is 14.3. The van der Waals surface area contributed by atoms with Crippen LogP contribution in [0.5, 0.6) is 0 Å². The molecule has 0 fully saturated rings. The molecule has 1 aliphatic rings. The molecule has 1 unspecified atom stereocenters. The number of aliphatic carboxylic acids is 1. The first-order valence-corrected chi connectivity index (χ1v) is 11.3. The molecule has 9 heteroatoms. The summed E-state index contributed by atoms with van der Waals surface area (Å²) in [5, 5.41) is 13.7. The molecule has 1 atom stereocenters. The lowest BCUT2D eigenvalue weighted by Gasteiger charge is -2.24. The van der Waals surface area contributed by atoms with E-state index in [0.29, 0.717) is 23.4 Å². The van der Waals surface area contributed by atoms with Crippen LogP contribution in [0.4, 0.5) is 0 Å². The fraction of sp³-hybridized carbons (Fsp3) is 0.238. The monoisotopic (exact) mass is 445 g/mol. The quantitative estimate of drug-likeness (QED) is 0.603. The highest BCUT2D eigenvalue weighted by atomic mass is 35.5. The Morgan fingerprint density at radius 3 is 2.80 bits per heavy atom. The Morgan fingerprint density at radius 2 is 2.03 bits per heavy atom. The number of fused-ring (bicyclic) bond motifs is 1. The average Bonchev–Trinajstić information content (AvgIpc) is 3.11. The standard InChI is InChI=1S/C21H20ClN3O4S/c22-18-8-2-1-7-16(18)14-5-3-6-15(11-14)30(28,29)24-19-9-4-10-20-17(19)12-23-25(20)13-21(26)27/h1-3,5-8,11-12,19,24H,4,9-10,13H2,(H,26,27). The molecular weight excluding hydrogens is 426 g/mol. The van der Waals surface area contributed by atoms with Gasteiger partial charge in [0.15, 0.2) is 0 Å². The van der Waals surface area contributed by atoms with E-state index in [0.717, 1.165) is 23.2 Å².